The van der Waals surface area contributed by atoms with E-state index < -0.39 is 30.0 Å². The number of rotatable bonds is 12. The molecule has 2 aromatic rings. The summed E-state index contributed by atoms with van der Waals surface area (Å²) in [6, 6.07) is 17.4. The van der Waals surface area contributed by atoms with Crippen LogP contribution in [0.3, 0.4) is 0 Å². The molecule has 0 unspecified atom stereocenters. The summed E-state index contributed by atoms with van der Waals surface area (Å²) in [7, 11) is 0. The van der Waals surface area contributed by atoms with Crippen molar-refractivity contribution >= 4 is 29.7 Å². The molecule has 32 heavy (non-hydrogen) atoms. The highest BCUT2D eigenvalue weighted by Crippen LogP contribution is 2.14. The first kappa shape index (κ1) is 25.3. The van der Waals surface area contributed by atoms with E-state index in [4.69, 9.17) is 10.5 Å². The Hall–Kier alpha value is -3.00. The van der Waals surface area contributed by atoms with E-state index in [1.165, 1.54) is 11.8 Å². The minimum atomic E-state index is -0.874. The Morgan fingerprint density at radius 3 is 2.06 bits per heavy atom. The van der Waals surface area contributed by atoms with Crippen molar-refractivity contribution in [2.75, 3.05) is 5.75 Å². The van der Waals surface area contributed by atoms with Gasteiger partial charge >= 0.3 is 6.09 Å². The van der Waals surface area contributed by atoms with E-state index in [1.54, 1.807) is 0 Å². The van der Waals surface area contributed by atoms with Gasteiger partial charge in [0.1, 0.15) is 18.7 Å². The molecule has 0 saturated heterocycles. The summed E-state index contributed by atoms with van der Waals surface area (Å²) in [5.74, 6) is 0.0915. The van der Waals surface area contributed by atoms with Crippen LogP contribution in [0.15, 0.2) is 60.7 Å². The highest BCUT2D eigenvalue weighted by Gasteiger charge is 2.26. The van der Waals surface area contributed by atoms with Crippen LogP contribution in [-0.4, -0.2) is 35.7 Å². The maximum atomic E-state index is 12.9. The van der Waals surface area contributed by atoms with E-state index in [9.17, 15) is 14.4 Å². The van der Waals surface area contributed by atoms with Crippen molar-refractivity contribution in [3.05, 3.63) is 71.8 Å². The van der Waals surface area contributed by atoms with Gasteiger partial charge in [0.15, 0.2) is 0 Å². The zero-order chi connectivity index (χ0) is 23.3. The number of thioether (sulfide) groups is 1. The number of nitrogens with one attached hydrogen (secondary N) is 2. The van der Waals surface area contributed by atoms with E-state index in [-0.39, 0.29) is 12.5 Å². The smallest absolute Gasteiger partial charge is 0.408 e. The van der Waals surface area contributed by atoms with Crippen LogP contribution in [0.2, 0.25) is 0 Å². The molecule has 0 aromatic heterocycles. The first-order chi connectivity index (χ1) is 15.3. The van der Waals surface area contributed by atoms with Gasteiger partial charge in [-0.05, 0) is 23.5 Å². The average Bonchev–Trinajstić information content (AvgIpc) is 2.77. The topological polar surface area (TPSA) is 111 Å². The summed E-state index contributed by atoms with van der Waals surface area (Å²) in [5, 5.41) is 5.30. The number of nitrogens with two attached hydrogens (primary N) is 1. The highest BCUT2D eigenvalue weighted by atomic mass is 32.2. The summed E-state index contributed by atoms with van der Waals surface area (Å²) in [4.78, 5) is 37.0. The predicted octanol–water partition coefficient (Wildman–Crippen LogP) is 3.23. The maximum Gasteiger partial charge on any atom is 0.408 e. The van der Waals surface area contributed by atoms with Crippen molar-refractivity contribution < 1.29 is 19.1 Å². The second-order valence-corrected chi connectivity index (χ2v) is 8.88. The summed E-state index contributed by atoms with van der Waals surface area (Å²) in [6.45, 7) is 3.97. The number of ether oxygens (including phenoxy) is 1. The molecule has 4 N–H and O–H groups in total. The molecule has 2 atom stereocenters. The van der Waals surface area contributed by atoms with Gasteiger partial charge in [-0.2, -0.15) is 11.8 Å². The number of hydrogen-bond acceptors (Lipinski definition) is 5. The monoisotopic (exact) mass is 457 g/mol. The molecule has 0 radical (unpaired) electrons. The van der Waals surface area contributed by atoms with E-state index in [0.717, 1.165) is 11.1 Å². The number of carbonyl (C=O) groups excluding carboxylic acids is 3. The van der Waals surface area contributed by atoms with Crippen LogP contribution in [0.1, 0.15) is 31.4 Å². The van der Waals surface area contributed by atoms with Crippen molar-refractivity contribution in [1.29, 1.82) is 0 Å². The molecule has 172 valence electrons. The van der Waals surface area contributed by atoms with Gasteiger partial charge in [0.2, 0.25) is 11.8 Å². The summed E-state index contributed by atoms with van der Waals surface area (Å²) >= 11 is 1.50. The van der Waals surface area contributed by atoms with E-state index >= 15 is 0 Å². The lowest BCUT2D eigenvalue weighted by molar-refractivity contribution is -0.128. The second-order valence-electron chi connectivity index (χ2n) is 7.85. The Morgan fingerprint density at radius 1 is 0.906 bits per heavy atom. The van der Waals surface area contributed by atoms with Crippen molar-refractivity contribution in [2.24, 2.45) is 11.7 Å². The van der Waals surface area contributed by atoms with Gasteiger partial charge in [-0.1, -0.05) is 74.5 Å². The average molecular weight is 458 g/mol. The third-order valence-corrected chi connectivity index (χ3v) is 5.69. The Morgan fingerprint density at radius 2 is 1.50 bits per heavy atom. The lowest BCUT2D eigenvalue weighted by atomic mass is 10.0. The van der Waals surface area contributed by atoms with Crippen LogP contribution in [0.4, 0.5) is 4.79 Å². The Labute approximate surface area is 193 Å². The lowest BCUT2D eigenvalue weighted by Crippen LogP contribution is -2.54. The van der Waals surface area contributed by atoms with Crippen LogP contribution in [-0.2, 0) is 26.7 Å². The van der Waals surface area contributed by atoms with Gasteiger partial charge in [0.25, 0.3) is 0 Å². The maximum absolute atomic E-state index is 12.9. The van der Waals surface area contributed by atoms with E-state index in [2.05, 4.69) is 10.6 Å². The number of hydrogen-bond donors (Lipinski definition) is 3. The molecule has 0 fully saturated rings. The van der Waals surface area contributed by atoms with E-state index in [0.29, 0.717) is 17.9 Å². The summed E-state index contributed by atoms with van der Waals surface area (Å²) < 4.78 is 5.26. The van der Waals surface area contributed by atoms with Crippen LogP contribution < -0.4 is 16.4 Å². The number of alkyl carbamates (subject to hydrolysis) is 1. The molecule has 0 saturated carbocycles. The molecule has 8 heteroatoms. The molecule has 0 bridgehead atoms. The predicted molar refractivity (Wildman–Crippen MR) is 127 cm³/mol. The third-order valence-electron chi connectivity index (χ3n) is 4.58. The number of primary amides is 1. The van der Waals surface area contributed by atoms with Gasteiger partial charge < -0.3 is 21.1 Å². The third kappa shape index (κ3) is 9.43. The second kappa shape index (κ2) is 13.4. The van der Waals surface area contributed by atoms with Crippen molar-refractivity contribution in [2.45, 2.75) is 44.7 Å². The minimum Gasteiger partial charge on any atom is -0.445 e. The fraction of sp³-hybridized carbons (Fsp3) is 0.375. The zero-order valence-corrected chi connectivity index (χ0v) is 19.3. The fourth-order valence-electron chi connectivity index (χ4n) is 2.95. The van der Waals surface area contributed by atoms with Crippen LogP contribution in [0.25, 0.3) is 0 Å². The van der Waals surface area contributed by atoms with E-state index in [1.807, 2.05) is 74.5 Å². The van der Waals surface area contributed by atoms with Gasteiger partial charge in [-0.3, -0.25) is 9.59 Å². The number of benzene rings is 2. The van der Waals surface area contributed by atoms with Crippen LogP contribution >= 0.6 is 11.8 Å². The molecule has 7 nitrogen and oxygen atoms in total. The molecule has 0 aliphatic carbocycles. The SMILES string of the molecule is CC(C)C[C@@H](NC(=O)[C@H](CSCc1ccccc1)NC(=O)OCc1ccccc1)C(N)=O. The standard InChI is InChI=1S/C24H31N3O4S/c1-17(2)13-20(22(25)28)26-23(29)21(16-32-15-19-11-7-4-8-12-19)27-24(30)31-14-18-9-5-3-6-10-18/h3-12,17,20-21H,13-16H2,1-2H3,(H2,25,28)(H,26,29)(H,27,30)/t20-,21+/m1/s1. The molecule has 2 aromatic carbocycles. The molecular weight excluding hydrogens is 426 g/mol. The minimum absolute atomic E-state index is 0.0927. The van der Waals surface area contributed by atoms with Crippen molar-refractivity contribution in [3.8, 4) is 0 Å². The Balaban J connectivity index is 1.98. The molecule has 2 rings (SSSR count). The highest BCUT2D eigenvalue weighted by molar-refractivity contribution is 7.98. The lowest BCUT2D eigenvalue weighted by Gasteiger charge is -2.22. The number of amides is 3. The molecule has 0 aliphatic heterocycles. The van der Waals surface area contributed by atoms with Crippen molar-refractivity contribution in [3.63, 3.8) is 0 Å². The normalized spacial score (nSPS) is 12.6. The first-order valence-electron chi connectivity index (χ1n) is 10.5. The number of carbonyl (C=O) groups is 3. The molecule has 0 aliphatic rings. The summed E-state index contributed by atoms with van der Waals surface area (Å²) in [5.41, 5.74) is 7.40. The van der Waals surface area contributed by atoms with Crippen LogP contribution in [0, 0.1) is 5.92 Å². The molecular formula is C24H31N3O4S. The zero-order valence-electron chi connectivity index (χ0n) is 18.5. The van der Waals surface area contributed by atoms with Gasteiger partial charge in [0.05, 0.1) is 0 Å². The Kier molecular flexibility index (Phi) is 10.6. The quantitative estimate of drug-likeness (QED) is 0.453. The molecule has 3 amide bonds. The molecule has 0 spiro atoms. The largest absolute Gasteiger partial charge is 0.445 e. The van der Waals surface area contributed by atoms with Gasteiger partial charge in [-0.25, -0.2) is 4.79 Å². The molecule has 0 heterocycles. The van der Waals surface area contributed by atoms with Crippen LogP contribution in [0.5, 0.6) is 0 Å². The first-order valence-corrected chi connectivity index (χ1v) is 11.7. The van der Waals surface area contributed by atoms with Gasteiger partial charge in [-0.15, -0.1) is 0 Å². The Bertz CT molecular complexity index is 862. The van der Waals surface area contributed by atoms with Crippen molar-refractivity contribution in [1.82, 2.24) is 10.6 Å². The fourth-order valence-corrected chi connectivity index (χ4v) is 3.97. The summed E-state index contributed by atoms with van der Waals surface area (Å²) in [6.07, 6.45) is -0.280. The van der Waals surface area contributed by atoms with Gasteiger partial charge in [0, 0.05) is 11.5 Å².